The monoisotopic (exact) mass is 794 g/mol. The molecule has 0 bridgehead atoms. The van der Waals surface area contributed by atoms with Crippen LogP contribution in [0.2, 0.25) is 0 Å². The van der Waals surface area contributed by atoms with Gasteiger partial charge in [-0.25, -0.2) is 13.1 Å². The molecule has 3 N–H and O–H groups in total. The van der Waals surface area contributed by atoms with Gasteiger partial charge in [0.2, 0.25) is 0 Å². The number of carbonyl (C=O) groups excluding carboxylic acids is 1. The van der Waals surface area contributed by atoms with E-state index in [1.54, 1.807) is 17.8 Å². The smallest absolute Gasteiger partial charge is 0.416 e. The number of thioether (sulfide) groups is 1. The van der Waals surface area contributed by atoms with Crippen molar-refractivity contribution in [2.24, 2.45) is 0 Å². The molecule has 14 nitrogen and oxygen atoms in total. The Bertz CT molecular complexity index is 2280. The van der Waals surface area contributed by atoms with Crippen molar-refractivity contribution in [3.63, 3.8) is 0 Å². The Hall–Kier alpha value is -5.79. The Morgan fingerprint density at radius 3 is 2.36 bits per heavy atom. The number of pyridine rings is 1. The topological polar surface area (TPSA) is 184 Å². The Labute approximate surface area is 317 Å². The molecule has 0 unspecified atom stereocenters. The molecular formula is C36H33F3N8O6S2. The van der Waals surface area contributed by atoms with Gasteiger partial charge < -0.3 is 15.3 Å². The van der Waals surface area contributed by atoms with E-state index < -0.39 is 43.2 Å². The number of carbonyl (C=O) groups is 1. The van der Waals surface area contributed by atoms with Gasteiger partial charge in [0.25, 0.3) is 21.6 Å². The summed E-state index contributed by atoms with van der Waals surface area (Å²) in [6.45, 7) is 2.41. The van der Waals surface area contributed by atoms with Crippen LogP contribution in [0.1, 0.15) is 21.6 Å². The lowest BCUT2D eigenvalue weighted by atomic mass is 10.00. The molecule has 6 rings (SSSR count). The predicted molar refractivity (Wildman–Crippen MR) is 199 cm³/mol. The van der Waals surface area contributed by atoms with E-state index in [0.29, 0.717) is 55.4 Å². The van der Waals surface area contributed by atoms with Crippen molar-refractivity contribution < 1.29 is 36.4 Å². The van der Waals surface area contributed by atoms with Crippen LogP contribution in [0.3, 0.4) is 0 Å². The number of amides is 1. The second-order valence-corrected chi connectivity index (χ2v) is 15.2. The van der Waals surface area contributed by atoms with Gasteiger partial charge in [-0.3, -0.25) is 24.8 Å². The zero-order valence-electron chi connectivity index (χ0n) is 28.8. The molecule has 0 aliphatic carbocycles. The molecule has 5 aromatic rings. The summed E-state index contributed by atoms with van der Waals surface area (Å²) >= 11 is 1.55. The number of hydrogen-bond acceptors (Lipinski definition) is 13. The average Bonchev–Trinajstić information content (AvgIpc) is 3.16. The molecule has 3 heterocycles. The molecule has 1 fully saturated rings. The van der Waals surface area contributed by atoms with Gasteiger partial charge in [-0.05, 0) is 71.8 Å². The van der Waals surface area contributed by atoms with Crippen molar-refractivity contribution in [3.8, 4) is 16.9 Å². The molecule has 0 atom stereocenters. The van der Waals surface area contributed by atoms with E-state index in [0.717, 1.165) is 29.2 Å². The fourth-order valence-corrected chi connectivity index (χ4v) is 7.56. The Kier molecular flexibility index (Phi) is 11.8. The van der Waals surface area contributed by atoms with Crippen LogP contribution in [0.5, 0.6) is 5.75 Å². The lowest BCUT2D eigenvalue weighted by molar-refractivity contribution is -0.384. The molecule has 1 amide bonds. The van der Waals surface area contributed by atoms with Gasteiger partial charge in [0.05, 0.1) is 21.6 Å². The SMILES string of the molecule is O=C(NS(=O)(=O)c1ccc(NCCSc2ccccc2)c([N+](=O)[O-])c1)c1ccc(N2CCN(Cc3cc(-c4cncc(O)c4)cc(C(F)(F)F)c3)CC2)nn1. The second-order valence-electron chi connectivity index (χ2n) is 12.3. The van der Waals surface area contributed by atoms with Gasteiger partial charge in [0.1, 0.15) is 11.4 Å². The number of benzene rings is 3. The summed E-state index contributed by atoms with van der Waals surface area (Å²) in [6.07, 6.45) is -2.00. The average molecular weight is 795 g/mol. The maximum atomic E-state index is 13.8. The van der Waals surface area contributed by atoms with E-state index in [4.69, 9.17) is 0 Å². The lowest BCUT2D eigenvalue weighted by Gasteiger charge is -2.35. The number of nitrogens with one attached hydrogen (secondary N) is 2. The molecule has 2 aromatic heterocycles. The standard InChI is InChI=1S/C36H33F3N8O6S2/c37-36(38,39)27-17-24(16-25(18-27)26-19-28(48)22-40-21-26)23-45-11-13-46(14-12-45)34-9-8-32(42-43-34)35(49)44-55(52,53)30-6-7-31(33(20-30)47(50)51)41-10-15-54-29-4-2-1-3-5-29/h1-9,16-22,41,48H,10-15,23H2,(H,44,49). The minimum Gasteiger partial charge on any atom is -0.506 e. The fraction of sp³-hybridized carbons (Fsp3) is 0.222. The highest BCUT2D eigenvalue weighted by molar-refractivity contribution is 7.99. The van der Waals surface area contributed by atoms with Crippen LogP contribution in [0, 0.1) is 10.1 Å². The maximum Gasteiger partial charge on any atom is 0.416 e. The molecule has 1 aliphatic rings. The van der Waals surface area contributed by atoms with E-state index in [1.165, 1.54) is 36.7 Å². The fourth-order valence-electron chi connectivity index (χ4n) is 5.79. The van der Waals surface area contributed by atoms with Crippen LogP contribution < -0.4 is 14.9 Å². The Balaban J connectivity index is 1.04. The van der Waals surface area contributed by atoms with Crippen molar-refractivity contribution in [2.45, 2.75) is 22.5 Å². The van der Waals surface area contributed by atoms with Crippen LogP contribution in [-0.2, 0) is 22.7 Å². The van der Waals surface area contributed by atoms with Gasteiger partial charge >= 0.3 is 6.18 Å². The first-order valence-corrected chi connectivity index (χ1v) is 19.2. The quantitative estimate of drug-likeness (QED) is 0.0562. The minimum absolute atomic E-state index is 0.124. The molecule has 3 aromatic carbocycles. The number of piperazine rings is 1. The zero-order chi connectivity index (χ0) is 39.2. The number of sulfonamides is 1. The van der Waals surface area contributed by atoms with Gasteiger partial charge in [-0.15, -0.1) is 22.0 Å². The van der Waals surface area contributed by atoms with Crippen LogP contribution in [-0.4, -0.2) is 82.9 Å². The van der Waals surface area contributed by atoms with Crippen LogP contribution >= 0.6 is 11.8 Å². The third kappa shape index (κ3) is 10.0. The number of rotatable bonds is 13. The minimum atomic E-state index is -4.58. The first-order valence-electron chi connectivity index (χ1n) is 16.7. The number of halogens is 3. The second kappa shape index (κ2) is 16.7. The molecule has 1 aliphatic heterocycles. The molecule has 1 saturated heterocycles. The first kappa shape index (κ1) is 38.9. The normalized spacial score (nSPS) is 13.7. The summed E-state index contributed by atoms with van der Waals surface area (Å²) < 4.78 is 69.3. The zero-order valence-corrected chi connectivity index (χ0v) is 30.4. The third-order valence-corrected chi connectivity index (χ3v) is 10.8. The summed E-state index contributed by atoms with van der Waals surface area (Å²) in [5, 5.41) is 32.5. The van der Waals surface area contributed by atoms with Crippen LogP contribution in [0.4, 0.5) is 30.4 Å². The number of nitro groups is 1. The van der Waals surface area contributed by atoms with E-state index >= 15 is 0 Å². The number of aromatic hydroxyl groups is 1. The van der Waals surface area contributed by atoms with Crippen molar-refractivity contribution in [1.82, 2.24) is 24.8 Å². The molecule has 0 saturated carbocycles. The molecular weight excluding hydrogens is 762 g/mol. The number of nitro benzene ring substituents is 1. The number of anilines is 2. The highest BCUT2D eigenvalue weighted by atomic mass is 32.2. The number of nitrogens with zero attached hydrogens (tertiary/aromatic N) is 6. The first-order chi connectivity index (χ1) is 26.2. The molecule has 0 spiro atoms. The summed E-state index contributed by atoms with van der Waals surface area (Å²) in [5.41, 5.74) is -0.421. The Morgan fingerprint density at radius 2 is 1.69 bits per heavy atom. The highest BCUT2D eigenvalue weighted by Gasteiger charge is 2.32. The summed E-state index contributed by atoms with van der Waals surface area (Å²) in [5.74, 6) is -0.257. The van der Waals surface area contributed by atoms with Crippen LogP contribution in [0.25, 0.3) is 11.1 Å². The van der Waals surface area contributed by atoms with Gasteiger partial charge in [-0.2, -0.15) is 13.2 Å². The molecule has 0 radical (unpaired) electrons. The summed E-state index contributed by atoms with van der Waals surface area (Å²) in [6, 6.07) is 20.8. The lowest BCUT2D eigenvalue weighted by Crippen LogP contribution is -2.46. The molecule has 286 valence electrons. The number of aromatic nitrogens is 3. The third-order valence-electron chi connectivity index (χ3n) is 8.50. The Morgan fingerprint density at radius 1 is 0.927 bits per heavy atom. The summed E-state index contributed by atoms with van der Waals surface area (Å²) in [4.78, 5) is 32.2. The molecule has 55 heavy (non-hydrogen) atoms. The van der Waals surface area contributed by atoms with Gasteiger partial charge in [0.15, 0.2) is 11.5 Å². The van der Waals surface area contributed by atoms with Crippen molar-refractivity contribution in [3.05, 3.63) is 124 Å². The number of hydrogen-bond donors (Lipinski definition) is 3. The highest BCUT2D eigenvalue weighted by Crippen LogP contribution is 2.35. The van der Waals surface area contributed by atoms with E-state index in [-0.39, 0.29) is 29.2 Å². The van der Waals surface area contributed by atoms with Gasteiger partial charge in [-0.1, -0.05) is 18.2 Å². The van der Waals surface area contributed by atoms with Crippen molar-refractivity contribution in [2.75, 3.05) is 48.7 Å². The van der Waals surface area contributed by atoms with E-state index in [2.05, 4.69) is 20.5 Å². The van der Waals surface area contributed by atoms with E-state index in [1.807, 2.05) is 44.9 Å². The largest absolute Gasteiger partial charge is 0.506 e. The predicted octanol–water partition coefficient (Wildman–Crippen LogP) is 5.82. The van der Waals surface area contributed by atoms with Crippen molar-refractivity contribution >= 4 is 44.9 Å². The van der Waals surface area contributed by atoms with E-state index in [9.17, 15) is 41.6 Å². The maximum absolute atomic E-state index is 13.8. The molecule has 19 heteroatoms. The van der Waals surface area contributed by atoms with Crippen molar-refractivity contribution in [1.29, 1.82) is 0 Å². The number of alkyl halides is 3. The van der Waals surface area contributed by atoms with Crippen LogP contribution in [0.15, 0.2) is 107 Å². The summed E-state index contributed by atoms with van der Waals surface area (Å²) in [7, 11) is -4.53. The van der Waals surface area contributed by atoms with Gasteiger partial charge in [0, 0.05) is 67.7 Å².